The zero-order valence-electron chi connectivity index (χ0n) is 17.4. The minimum atomic E-state index is -0.144. The number of benzene rings is 1. The van der Waals surface area contributed by atoms with Gasteiger partial charge in [0.25, 0.3) is 0 Å². The lowest BCUT2D eigenvalue weighted by molar-refractivity contribution is 0.574. The van der Waals surface area contributed by atoms with Gasteiger partial charge in [0.15, 0.2) is 0 Å². The molecule has 0 amide bonds. The van der Waals surface area contributed by atoms with E-state index in [0.29, 0.717) is 5.92 Å². The van der Waals surface area contributed by atoms with Crippen molar-refractivity contribution in [3.63, 3.8) is 0 Å². The summed E-state index contributed by atoms with van der Waals surface area (Å²) >= 11 is 0. The molecule has 2 unspecified atom stereocenters. The highest BCUT2D eigenvalue weighted by Gasteiger charge is 2.23. The number of nitrogens with zero attached hydrogens (tertiary/aromatic N) is 1. The number of halogens is 1. The lowest BCUT2D eigenvalue weighted by Crippen LogP contribution is -2.08. The Hall–Kier alpha value is -2.46. The van der Waals surface area contributed by atoms with Gasteiger partial charge in [0, 0.05) is 17.6 Å². The van der Waals surface area contributed by atoms with Gasteiger partial charge in [-0.1, -0.05) is 45.6 Å². The van der Waals surface area contributed by atoms with Crippen LogP contribution in [0.15, 0.2) is 61.4 Å². The third kappa shape index (κ3) is 8.05. The van der Waals surface area contributed by atoms with E-state index in [1.165, 1.54) is 32.4 Å². The SMILES string of the molecule is C=Cc1cc(NC(=C)C2CCC(C)C2)ccn1.CCc1cccc(F)c1.CN. The molecule has 0 radical (unpaired) electrons. The molecule has 3 nitrogen and oxygen atoms in total. The fraction of sp³-hybridized carbons (Fsp3) is 0.375. The molecule has 28 heavy (non-hydrogen) atoms. The minimum absolute atomic E-state index is 0.144. The average molecular weight is 384 g/mol. The van der Waals surface area contributed by atoms with Crippen LogP contribution in [0.4, 0.5) is 10.1 Å². The summed E-state index contributed by atoms with van der Waals surface area (Å²) in [5, 5.41) is 3.40. The first-order valence-corrected chi connectivity index (χ1v) is 9.88. The predicted octanol–water partition coefficient (Wildman–Crippen LogP) is 6.05. The maximum atomic E-state index is 12.4. The van der Waals surface area contributed by atoms with Gasteiger partial charge < -0.3 is 11.1 Å². The molecule has 3 rings (SSSR count). The highest BCUT2D eigenvalue weighted by molar-refractivity contribution is 5.54. The quantitative estimate of drug-likeness (QED) is 0.661. The molecule has 0 spiro atoms. The average Bonchev–Trinajstić information content (AvgIpc) is 3.16. The van der Waals surface area contributed by atoms with Crippen molar-refractivity contribution in [2.75, 3.05) is 12.4 Å². The van der Waals surface area contributed by atoms with E-state index in [9.17, 15) is 4.39 Å². The van der Waals surface area contributed by atoms with Crippen molar-refractivity contribution >= 4 is 11.8 Å². The topological polar surface area (TPSA) is 50.9 Å². The van der Waals surface area contributed by atoms with Crippen molar-refractivity contribution in [2.45, 2.75) is 39.5 Å². The molecule has 1 saturated carbocycles. The van der Waals surface area contributed by atoms with E-state index in [-0.39, 0.29) is 5.82 Å². The van der Waals surface area contributed by atoms with Crippen molar-refractivity contribution in [2.24, 2.45) is 17.6 Å². The van der Waals surface area contributed by atoms with Gasteiger partial charge in [-0.15, -0.1) is 0 Å². The van der Waals surface area contributed by atoms with Gasteiger partial charge >= 0.3 is 0 Å². The largest absolute Gasteiger partial charge is 0.359 e. The molecule has 1 aromatic carbocycles. The standard InChI is InChI=1S/C15H20N2.C8H9F.CH5N/c1-4-14-10-15(7-8-16-14)17-12(3)13-6-5-11(2)9-13;1-2-7-4-3-5-8(9)6-7;1-2/h4,7-8,10-11,13H,1,3,5-6,9H2,2H3,(H,16,17);3-6H,2H2,1H3;2H2,1H3. The molecule has 0 aliphatic heterocycles. The molecule has 1 aliphatic carbocycles. The van der Waals surface area contributed by atoms with E-state index in [0.717, 1.165) is 35.0 Å². The summed E-state index contributed by atoms with van der Waals surface area (Å²) in [7, 11) is 1.50. The fourth-order valence-electron chi connectivity index (χ4n) is 3.21. The third-order valence-electron chi connectivity index (χ3n) is 4.78. The molecule has 1 heterocycles. The number of aryl methyl sites for hydroxylation is 1. The van der Waals surface area contributed by atoms with E-state index in [1.807, 2.05) is 25.1 Å². The number of nitrogens with one attached hydrogen (secondary N) is 1. The summed E-state index contributed by atoms with van der Waals surface area (Å²) in [6, 6.07) is 10.6. The molecule has 2 atom stereocenters. The van der Waals surface area contributed by atoms with Gasteiger partial charge in [-0.25, -0.2) is 4.39 Å². The Balaban J connectivity index is 0.000000301. The number of allylic oxidation sites excluding steroid dienone is 1. The summed E-state index contributed by atoms with van der Waals surface area (Å²) in [6.07, 6.45) is 8.28. The second-order valence-electron chi connectivity index (χ2n) is 6.92. The number of hydrogen-bond acceptors (Lipinski definition) is 3. The lowest BCUT2D eigenvalue weighted by Gasteiger charge is -2.16. The van der Waals surface area contributed by atoms with Crippen molar-refractivity contribution in [1.29, 1.82) is 0 Å². The van der Waals surface area contributed by atoms with E-state index in [1.54, 1.807) is 24.4 Å². The predicted molar refractivity (Wildman–Crippen MR) is 119 cm³/mol. The summed E-state index contributed by atoms with van der Waals surface area (Å²) in [6.45, 7) is 12.2. The Labute approximate surface area is 169 Å². The molecule has 0 bridgehead atoms. The minimum Gasteiger partial charge on any atom is -0.359 e. The van der Waals surface area contributed by atoms with Crippen molar-refractivity contribution in [3.8, 4) is 0 Å². The van der Waals surface area contributed by atoms with Crippen molar-refractivity contribution in [3.05, 3.63) is 78.5 Å². The highest BCUT2D eigenvalue weighted by Crippen LogP contribution is 2.34. The number of hydrogen-bond donors (Lipinski definition) is 2. The van der Waals surface area contributed by atoms with Crippen LogP contribution in [-0.4, -0.2) is 12.0 Å². The summed E-state index contributed by atoms with van der Waals surface area (Å²) in [5.41, 5.74) is 8.63. The molecule has 0 saturated heterocycles. The molecule has 3 N–H and O–H groups in total. The van der Waals surface area contributed by atoms with Crippen LogP contribution in [-0.2, 0) is 6.42 Å². The number of nitrogens with two attached hydrogens (primary N) is 1. The Bertz CT molecular complexity index is 742. The van der Waals surface area contributed by atoms with Gasteiger partial charge in [-0.3, -0.25) is 4.98 Å². The number of pyridine rings is 1. The van der Waals surface area contributed by atoms with E-state index >= 15 is 0 Å². The summed E-state index contributed by atoms with van der Waals surface area (Å²) in [4.78, 5) is 4.19. The Morgan fingerprint density at radius 1 is 1.29 bits per heavy atom. The summed E-state index contributed by atoms with van der Waals surface area (Å²) < 4.78 is 12.4. The zero-order chi connectivity index (χ0) is 20.9. The maximum absolute atomic E-state index is 12.4. The van der Waals surface area contributed by atoms with Crippen LogP contribution >= 0.6 is 0 Å². The summed E-state index contributed by atoms with van der Waals surface area (Å²) in [5.74, 6) is 1.31. The van der Waals surface area contributed by atoms with Crippen LogP contribution < -0.4 is 11.1 Å². The van der Waals surface area contributed by atoms with Gasteiger partial charge in [-0.2, -0.15) is 0 Å². The maximum Gasteiger partial charge on any atom is 0.123 e. The molecule has 1 aromatic heterocycles. The number of anilines is 1. The number of aromatic nitrogens is 1. The second kappa shape index (κ2) is 12.8. The first-order valence-electron chi connectivity index (χ1n) is 9.88. The van der Waals surface area contributed by atoms with Crippen LogP contribution in [0.1, 0.15) is 44.4 Å². The number of rotatable bonds is 5. The molecule has 1 aliphatic rings. The first kappa shape index (κ1) is 23.6. The Morgan fingerprint density at radius 2 is 2.04 bits per heavy atom. The van der Waals surface area contributed by atoms with Crippen LogP contribution in [0.3, 0.4) is 0 Å². The van der Waals surface area contributed by atoms with Crippen molar-refractivity contribution in [1.82, 2.24) is 4.98 Å². The first-order chi connectivity index (χ1) is 13.5. The molecule has 1 fully saturated rings. The second-order valence-corrected chi connectivity index (χ2v) is 6.92. The normalized spacial score (nSPS) is 17.5. The van der Waals surface area contributed by atoms with Gasteiger partial charge in [0.05, 0.1) is 5.69 Å². The van der Waals surface area contributed by atoms with Crippen LogP contribution in [0, 0.1) is 17.7 Å². The van der Waals surface area contributed by atoms with E-state index in [4.69, 9.17) is 0 Å². The molecular formula is C24H34FN3. The van der Waals surface area contributed by atoms with Crippen LogP contribution in [0.5, 0.6) is 0 Å². The molecule has 4 heteroatoms. The molecule has 152 valence electrons. The molecule has 2 aromatic rings. The highest BCUT2D eigenvalue weighted by atomic mass is 19.1. The van der Waals surface area contributed by atoms with Gasteiger partial charge in [0.2, 0.25) is 0 Å². The third-order valence-corrected chi connectivity index (χ3v) is 4.78. The monoisotopic (exact) mass is 383 g/mol. The lowest BCUT2D eigenvalue weighted by atomic mass is 10.0. The van der Waals surface area contributed by atoms with Gasteiger partial charge in [-0.05, 0) is 74.1 Å². The van der Waals surface area contributed by atoms with Gasteiger partial charge in [0.1, 0.15) is 5.82 Å². The smallest absolute Gasteiger partial charge is 0.123 e. The van der Waals surface area contributed by atoms with Crippen molar-refractivity contribution < 1.29 is 4.39 Å². The van der Waals surface area contributed by atoms with Crippen LogP contribution in [0.25, 0.3) is 6.08 Å². The Kier molecular flexibility index (Phi) is 10.8. The van der Waals surface area contributed by atoms with Crippen LogP contribution in [0.2, 0.25) is 0 Å². The molecular weight excluding hydrogens is 349 g/mol. The van der Waals surface area contributed by atoms with E-state index < -0.39 is 0 Å². The van der Waals surface area contributed by atoms with E-state index in [2.05, 4.69) is 36.1 Å². The zero-order valence-corrected chi connectivity index (χ0v) is 17.4. The Morgan fingerprint density at radius 3 is 2.57 bits per heavy atom. The fourth-order valence-corrected chi connectivity index (χ4v) is 3.21.